The number of nitrogens with zero attached hydrogens (tertiary/aromatic N) is 2. The number of aromatic nitrogens is 2. The van der Waals surface area contributed by atoms with Crippen LogP contribution in [0.15, 0.2) is 182 Å². The molecule has 0 aliphatic rings. The molecule has 50 heavy (non-hydrogen) atoms. The molecule has 0 fully saturated rings. The van der Waals surface area contributed by atoms with Gasteiger partial charge < -0.3 is 9.13 Å². The van der Waals surface area contributed by atoms with Crippen LogP contribution in [-0.2, 0) is 0 Å². The van der Waals surface area contributed by atoms with Crippen LogP contribution in [0, 0.1) is 0 Å². The van der Waals surface area contributed by atoms with E-state index in [4.69, 9.17) is 0 Å². The lowest BCUT2D eigenvalue weighted by atomic mass is 9.97. The number of para-hydroxylation sites is 3. The zero-order valence-electron chi connectivity index (χ0n) is 27.2. The average molecular weight is 635 g/mol. The molecule has 0 amide bonds. The Hall–Kier alpha value is -6.64. The number of hydrogen-bond donors (Lipinski definition) is 0. The van der Waals surface area contributed by atoms with Gasteiger partial charge in [0.2, 0.25) is 0 Å². The highest BCUT2D eigenvalue weighted by atomic mass is 15.0. The highest BCUT2D eigenvalue weighted by Gasteiger charge is 2.16. The molecule has 232 valence electrons. The molecule has 0 N–H and O–H groups in total. The summed E-state index contributed by atoms with van der Waals surface area (Å²) in [4.78, 5) is 0. The highest BCUT2D eigenvalue weighted by Crippen LogP contribution is 2.39. The van der Waals surface area contributed by atoms with E-state index < -0.39 is 0 Å². The summed E-state index contributed by atoms with van der Waals surface area (Å²) in [6.45, 7) is 0. The lowest BCUT2D eigenvalue weighted by Crippen LogP contribution is -1.94. The van der Waals surface area contributed by atoms with Gasteiger partial charge in [0.25, 0.3) is 0 Å². The maximum Gasteiger partial charge on any atom is 0.0541 e. The molecule has 2 heteroatoms. The SMILES string of the molecule is c1ccc(-n2c3ccccc3c3cc(-c4ccc5c(c4)c4ccccc4n5-c4ccc5c(ccc6c7ccccc7ccc56)c4)ccc32)cc1. The molecular weight excluding hydrogens is 605 g/mol. The minimum Gasteiger partial charge on any atom is -0.309 e. The van der Waals surface area contributed by atoms with Gasteiger partial charge in [-0.15, -0.1) is 0 Å². The van der Waals surface area contributed by atoms with Gasteiger partial charge in [0, 0.05) is 32.9 Å². The molecule has 0 aliphatic carbocycles. The first-order chi connectivity index (χ1) is 24.8. The van der Waals surface area contributed by atoms with Gasteiger partial charge in [-0.25, -0.2) is 0 Å². The minimum atomic E-state index is 1.17. The third-order valence-electron chi connectivity index (χ3n) is 10.7. The summed E-state index contributed by atoms with van der Waals surface area (Å²) in [6.07, 6.45) is 0. The fraction of sp³-hybridized carbons (Fsp3) is 0. The maximum atomic E-state index is 2.43. The van der Waals surface area contributed by atoms with Gasteiger partial charge in [0.15, 0.2) is 0 Å². The topological polar surface area (TPSA) is 9.86 Å². The van der Waals surface area contributed by atoms with E-state index in [2.05, 4.69) is 191 Å². The molecule has 2 nitrogen and oxygen atoms in total. The summed E-state index contributed by atoms with van der Waals surface area (Å²) >= 11 is 0. The van der Waals surface area contributed by atoms with Crippen molar-refractivity contribution in [3.63, 3.8) is 0 Å². The Balaban J connectivity index is 1.08. The molecular formula is C48H30N2. The predicted molar refractivity (Wildman–Crippen MR) is 213 cm³/mol. The van der Waals surface area contributed by atoms with E-state index in [-0.39, 0.29) is 0 Å². The number of fused-ring (bicyclic) bond motifs is 11. The Morgan fingerprint density at radius 3 is 1.38 bits per heavy atom. The van der Waals surface area contributed by atoms with E-state index >= 15 is 0 Å². The van der Waals surface area contributed by atoms with Crippen molar-refractivity contribution in [3.8, 4) is 22.5 Å². The van der Waals surface area contributed by atoms with E-state index in [9.17, 15) is 0 Å². The van der Waals surface area contributed by atoms with Crippen molar-refractivity contribution in [3.05, 3.63) is 182 Å². The standard InChI is InChI=1S/C48H30N2/c1-2-11-35(12-3-1)49-45-16-8-6-14-41(45)43-29-32(20-26-47(43)49)33-21-27-48-44(30-33)42-15-7-9-17-46(42)50(48)36-22-25-38-34(28-36)19-24-39-37-13-5-4-10-31(37)18-23-40(38)39/h1-30H. The van der Waals surface area contributed by atoms with E-state index in [0.29, 0.717) is 0 Å². The summed E-state index contributed by atoms with van der Waals surface area (Å²) in [5.41, 5.74) is 9.66. The van der Waals surface area contributed by atoms with E-state index in [1.54, 1.807) is 0 Å². The molecule has 0 radical (unpaired) electrons. The Kier molecular flexibility index (Phi) is 5.70. The van der Waals surface area contributed by atoms with Crippen LogP contribution in [0.4, 0.5) is 0 Å². The zero-order chi connectivity index (χ0) is 32.8. The molecule has 11 aromatic rings. The van der Waals surface area contributed by atoms with Crippen LogP contribution in [0.3, 0.4) is 0 Å². The molecule has 9 aromatic carbocycles. The van der Waals surface area contributed by atoms with Crippen LogP contribution in [0.25, 0.3) is 98.4 Å². The normalized spacial score (nSPS) is 12.0. The second-order valence-corrected chi connectivity index (χ2v) is 13.4. The van der Waals surface area contributed by atoms with E-state index in [0.717, 1.165) is 0 Å². The maximum absolute atomic E-state index is 2.43. The molecule has 0 unspecified atom stereocenters. The lowest BCUT2D eigenvalue weighted by Gasteiger charge is -2.12. The quantitative estimate of drug-likeness (QED) is 0.171. The molecule has 2 aromatic heterocycles. The van der Waals surface area contributed by atoms with E-state index in [1.807, 2.05) is 0 Å². The first kappa shape index (κ1) is 27.3. The van der Waals surface area contributed by atoms with Crippen molar-refractivity contribution in [1.82, 2.24) is 9.13 Å². The van der Waals surface area contributed by atoms with Crippen LogP contribution >= 0.6 is 0 Å². The molecule has 2 heterocycles. The monoisotopic (exact) mass is 634 g/mol. The third kappa shape index (κ3) is 3.90. The van der Waals surface area contributed by atoms with Crippen LogP contribution < -0.4 is 0 Å². The van der Waals surface area contributed by atoms with Gasteiger partial charge in [0.05, 0.1) is 22.1 Å². The molecule has 0 atom stereocenters. The summed E-state index contributed by atoms with van der Waals surface area (Å²) in [6, 6.07) is 66.8. The summed E-state index contributed by atoms with van der Waals surface area (Å²) < 4.78 is 4.80. The average Bonchev–Trinajstić information content (AvgIpc) is 3.70. The van der Waals surface area contributed by atoms with Crippen molar-refractivity contribution >= 4 is 75.9 Å². The fourth-order valence-corrected chi connectivity index (χ4v) is 8.39. The van der Waals surface area contributed by atoms with Gasteiger partial charge in [-0.3, -0.25) is 0 Å². The zero-order valence-corrected chi connectivity index (χ0v) is 27.2. The summed E-state index contributed by atoms with van der Waals surface area (Å²) in [5, 5.41) is 12.8. The van der Waals surface area contributed by atoms with Crippen molar-refractivity contribution in [2.24, 2.45) is 0 Å². The van der Waals surface area contributed by atoms with Gasteiger partial charge in [-0.1, -0.05) is 121 Å². The highest BCUT2D eigenvalue weighted by molar-refractivity contribution is 6.18. The second kappa shape index (κ2) is 10.4. The lowest BCUT2D eigenvalue weighted by molar-refractivity contribution is 1.18. The number of rotatable bonds is 3. The van der Waals surface area contributed by atoms with E-state index in [1.165, 1.54) is 98.4 Å². The first-order valence-corrected chi connectivity index (χ1v) is 17.3. The first-order valence-electron chi connectivity index (χ1n) is 17.3. The molecule has 0 saturated heterocycles. The Bertz CT molecular complexity index is 3140. The molecule has 0 aliphatic heterocycles. The third-order valence-corrected chi connectivity index (χ3v) is 10.7. The van der Waals surface area contributed by atoms with Crippen molar-refractivity contribution in [2.45, 2.75) is 0 Å². The fourth-order valence-electron chi connectivity index (χ4n) is 8.39. The second-order valence-electron chi connectivity index (χ2n) is 13.4. The molecule has 0 saturated carbocycles. The largest absolute Gasteiger partial charge is 0.309 e. The minimum absolute atomic E-state index is 1.17. The molecule has 11 rings (SSSR count). The number of benzene rings is 9. The van der Waals surface area contributed by atoms with Crippen molar-refractivity contribution in [1.29, 1.82) is 0 Å². The van der Waals surface area contributed by atoms with Crippen LogP contribution in [0.5, 0.6) is 0 Å². The Labute approximate surface area is 288 Å². The summed E-state index contributed by atoms with van der Waals surface area (Å²) in [7, 11) is 0. The van der Waals surface area contributed by atoms with Crippen LogP contribution in [-0.4, -0.2) is 9.13 Å². The van der Waals surface area contributed by atoms with Gasteiger partial charge in [-0.2, -0.15) is 0 Å². The smallest absolute Gasteiger partial charge is 0.0541 e. The van der Waals surface area contributed by atoms with Crippen molar-refractivity contribution in [2.75, 3.05) is 0 Å². The number of hydrogen-bond acceptors (Lipinski definition) is 0. The molecule has 0 spiro atoms. The van der Waals surface area contributed by atoms with Crippen LogP contribution in [0.1, 0.15) is 0 Å². The van der Waals surface area contributed by atoms with Gasteiger partial charge >= 0.3 is 0 Å². The predicted octanol–water partition coefficient (Wildman–Crippen LogP) is 13.0. The van der Waals surface area contributed by atoms with Gasteiger partial charge in [0.1, 0.15) is 0 Å². The Morgan fingerprint density at radius 1 is 0.240 bits per heavy atom. The van der Waals surface area contributed by atoms with Crippen LogP contribution in [0.2, 0.25) is 0 Å². The summed E-state index contributed by atoms with van der Waals surface area (Å²) in [5.74, 6) is 0. The Morgan fingerprint density at radius 2 is 0.720 bits per heavy atom. The van der Waals surface area contributed by atoms with Crippen molar-refractivity contribution < 1.29 is 0 Å². The van der Waals surface area contributed by atoms with Gasteiger partial charge in [-0.05, 0) is 104 Å². The molecule has 0 bridgehead atoms.